The monoisotopic (exact) mass is 376 g/mol. The zero-order valence-electron chi connectivity index (χ0n) is 20.4. The van der Waals surface area contributed by atoms with Gasteiger partial charge in [-0.05, 0) is 48.9 Å². The SMILES string of the molecule is [2H]C([2H])([2H])c1c[n+](C)c(-c2c(C)ccc3c2oc2nc(C(C)C)ccc23)cc1C(C)C. The van der Waals surface area contributed by atoms with E-state index in [-0.39, 0.29) is 5.92 Å². The number of nitrogens with zero attached hydrogens (tertiary/aromatic N) is 2. The van der Waals surface area contributed by atoms with Crippen LogP contribution in [0.5, 0.6) is 0 Å². The summed E-state index contributed by atoms with van der Waals surface area (Å²) < 4.78 is 32.1. The van der Waals surface area contributed by atoms with Gasteiger partial charge in [-0.2, -0.15) is 0 Å². The molecular weight excluding hydrogens is 344 g/mol. The predicted octanol–water partition coefficient (Wildman–Crippen LogP) is 6.34. The van der Waals surface area contributed by atoms with E-state index in [0.717, 1.165) is 44.4 Å². The van der Waals surface area contributed by atoms with E-state index in [1.54, 1.807) is 6.20 Å². The van der Waals surface area contributed by atoms with E-state index < -0.39 is 6.85 Å². The number of hydrogen-bond donors (Lipinski definition) is 0. The van der Waals surface area contributed by atoms with Crippen LogP contribution in [-0.2, 0) is 7.05 Å². The first-order chi connectivity index (χ1) is 14.5. The fraction of sp³-hybridized carbons (Fsp3) is 0.360. The van der Waals surface area contributed by atoms with Gasteiger partial charge in [-0.1, -0.05) is 39.8 Å². The molecule has 0 saturated carbocycles. The van der Waals surface area contributed by atoms with Crippen molar-refractivity contribution >= 4 is 22.1 Å². The van der Waals surface area contributed by atoms with Crippen molar-refractivity contribution < 1.29 is 13.1 Å². The van der Waals surface area contributed by atoms with E-state index in [1.807, 2.05) is 31.5 Å². The molecule has 0 unspecified atom stereocenters. The largest absolute Gasteiger partial charge is 0.437 e. The molecule has 0 aliphatic carbocycles. The summed E-state index contributed by atoms with van der Waals surface area (Å²) in [6.45, 7) is 8.19. The normalized spacial score (nSPS) is 14.1. The molecule has 4 rings (SSSR count). The smallest absolute Gasteiger partial charge is 0.227 e. The fourth-order valence-electron chi connectivity index (χ4n) is 3.86. The van der Waals surface area contributed by atoms with E-state index >= 15 is 0 Å². The van der Waals surface area contributed by atoms with Crippen molar-refractivity contribution in [1.82, 2.24) is 4.98 Å². The van der Waals surface area contributed by atoms with Crippen molar-refractivity contribution in [1.29, 1.82) is 0 Å². The highest BCUT2D eigenvalue weighted by Crippen LogP contribution is 2.37. The van der Waals surface area contributed by atoms with E-state index in [9.17, 15) is 0 Å². The van der Waals surface area contributed by atoms with Crippen molar-refractivity contribution in [2.24, 2.45) is 7.05 Å². The highest BCUT2D eigenvalue weighted by atomic mass is 16.3. The zero-order chi connectivity index (χ0) is 22.7. The van der Waals surface area contributed by atoms with Crippen LogP contribution in [0.2, 0.25) is 0 Å². The van der Waals surface area contributed by atoms with Gasteiger partial charge in [-0.3, -0.25) is 0 Å². The molecule has 3 nitrogen and oxygen atoms in total. The summed E-state index contributed by atoms with van der Waals surface area (Å²) in [5.41, 5.74) is 6.63. The van der Waals surface area contributed by atoms with E-state index in [2.05, 4.69) is 45.0 Å². The molecule has 3 aromatic heterocycles. The molecule has 0 aliphatic rings. The van der Waals surface area contributed by atoms with Crippen LogP contribution < -0.4 is 4.57 Å². The van der Waals surface area contributed by atoms with Gasteiger partial charge in [0, 0.05) is 32.2 Å². The number of aromatic nitrogens is 2. The predicted molar refractivity (Wildman–Crippen MR) is 116 cm³/mol. The summed E-state index contributed by atoms with van der Waals surface area (Å²) in [5, 5.41) is 2.01. The molecule has 0 saturated heterocycles. The van der Waals surface area contributed by atoms with Gasteiger partial charge < -0.3 is 4.42 Å². The van der Waals surface area contributed by atoms with Gasteiger partial charge >= 0.3 is 0 Å². The lowest BCUT2D eigenvalue weighted by Gasteiger charge is -2.12. The number of benzene rings is 1. The lowest BCUT2D eigenvalue weighted by molar-refractivity contribution is -0.660. The van der Waals surface area contributed by atoms with Crippen LogP contribution in [0.4, 0.5) is 0 Å². The lowest BCUT2D eigenvalue weighted by Crippen LogP contribution is -2.32. The topological polar surface area (TPSA) is 29.9 Å². The first-order valence-corrected chi connectivity index (χ1v) is 9.86. The Morgan fingerprint density at radius 2 is 1.75 bits per heavy atom. The molecular formula is C25H29N2O+. The van der Waals surface area contributed by atoms with Gasteiger partial charge in [0.25, 0.3) is 0 Å². The molecule has 3 heterocycles. The van der Waals surface area contributed by atoms with Crippen LogP contribution >= 0.6 is 0 Å². The molecule has 0 fully saturated rings. The number of fused-ring (bicyclic) bond motifs is 3. The third kappa shape index (κ3) is 2.90. The first kappa shape index (κ1) is 15.3. The summed E-state index contributed by atoms with van der Waals surface area (Å²) in [5.74, 6) is 0.401. The number of hydrogen-bond acceptors (Lipinski definition) is 2. The van der Waals surface area contributed by atoms with E-state index in [0.29, 0.717) is 17.2 Å². The molecule has 28 heavy (non-hydrogen) atoms. The molecule has 0 spiro atoms. The van der Waals surface area contributed by atoms with Crippen LogP contribution in [0.1, 0.15) is 66.0 Å². The second-order valence-electron chi connectivity index (χ2n) is 8.27. The second kappa shape index (κ2) is 6.73. The molecule has 1 aromatic carbocycles. The minimum atomic E-state index is -2.16. The molecule has 0 atom stereocenters. The van der Waals surface area contributed by atoms with Crippen molar-refractivity contribution in [3.63, 3.8) is 0 Å². The number of pyridine rings is 2. The maximum atomic E-state index is 7.97. The molecule has 0 amide bonds. The first-order valence-electron chi connectivity index (χ1n) is 11.4. The average Bonchev–Trinajstić information content (AvgIpc) is 3.04. The molecule has 0 aliphatic heterocycles. The molecule has 4 aromatic rings. The number of rotatable bonds is 3. The maximum Gasteiger partial charge on any atom is 0.227 e. The Bertz CT molecular complexity index is 1300. The highest BCUT2D eigenvalue weighted by Gasteiger charge is 2.23. The van der Waals surface area contributed by atoms with Crippen molar-refractivity contribution in [2.45, 2.75) is 53.3 Å². The van der Waals surface area contributed by atoms with Crippen molar-refractivity contribution in [2.75, 3.05) is 0 Å². The standard InChI is InChI=1S/C25H29N2O/c1-14(2)20-12-22(27(7)13-17(20)6)23-16(5)8-9-18-19-10-11-21(15(3)4)26-25(19)28-24(18)23/h8-15H,1-7H3/q+1/i6D3. The van der Waals surface area contributed by atoms with Crippen molar-refractivity contribution in [3.05, 3.63) is 58.9 Å². The van der Waals surface area contributed by atoms with E-state index in [1.165, 1.54) is 0 Å². The summed E-state index contributed by atoms with van der Waals surface area (Å²) >= 11 is 0. The van der Waals surface area contributed by atoms with Gasteiger partial charge in [-0.25, -0.2) is 9.55 Å². The van der Waals surface area contributed by atoms with Gasteiger partial charge in [-0.15, -0.1) is 0 Å². The molecule has 0 bridgehead atoms. The molecule has 0 radical (unpaired) electrons. The Morgan fingerprint density at radius 3 is 2.43 bits per heavy atom. The van der Waals surface area contributed by atoms with Crippen LogP contribution in [0.15, 0.2) is 40.9 Å². The van der Waals surface area contributed by atoms with Gasteiger partial charge in [0.05, 0.1) is 5.56 Å². The highest BCUT2D eigenvalue weighted by molar-refractivity contribution is 6.08. The minimum Gasteiger partial charge on any atom is -0.437 e. The summed E-state index contributed by atoms with van der Waals surface area (Å²) in [6.07, 6.45) is 1.74. The quantitative estimate of drug-likeness (QED) is 0.391. The van der Waals surface area contributed by atoms with Crippen LogP contribution in [0.25, 0.3) is 33.3 Å². The van der Waals surface area contributed by atoms with E-state index in [4.69, 9.17) is 13.5 Å². The maximum absolute atomic E-state index is 7.97. The average molecular weight is 377 g/mol. The minimum absolute atomic E-state index is 0.0841. The number of aryl methyl sites for hydroxylation is 3. The van der Waals surface area contributed by atoms with Crippen molar-refractivity contribution in [3.8, 4) is 11.3 Å². The molecule has 0 N–H and O–H groups in total. The van der Waals surface area contributed by atoms with Gasteiger partial charge in [0.2, 0.25) is 11.4 Å². The Kier molecular flexibility index (Phi) is 3.67. The Hall–Kier alpha value is -2.68. The molecule has 3 heteroatoms. The summed E-state index contributed by atoms with van der Waals surface area (Å²) in [7, 11) is 1.89. The van der Waals surface area contributed by atoms with Gasteiger partial charge in [0.1, 0.15) is 7.05 Å². The van der Waals surface area contributed by atoms with Crippen LogP contribution in [-0.4, -0.2) is 4.98 Å². The third-order valence-corrected chi connectivity index (χ3v) is 5.51. The van der Waals surface area contributed by atoms with Crippen LogP contribution in [0.3, 0.4) is 0 Å². The van der Waals surface area contributed by atoms with Gasteiger partial charge in [0.15, 0.2) is 11.8 Å². The second-order valence-corrected chi connectivity index (χ2v) is 8.27. The lowest BCUT2D eigenvalue weighted by atomic mass is 9.94. The fourth-order valence-corrected chi connectivity index (χ4v) is 3.86. The number of furan rings is 1. The zero-order valence-corrected chi connectivity index (χ0v) is 17.4. The third-order valence-electron chi connectivity index (χ3n) is 5.51. The Morgan fingerprint density at radius 1 is 1.00 bits per heavy atom. The molecule has 144 valence electrons. The Labute approximate surface area is 171 Å². The summed E-state index contributed by atoms with van der Waals surface area (Å²) in [4.78, 5) is 4.74. The van der Waals surface area contributed by atoms with Crippen LogP contribution in [0, 0.1) is 13.8 Å². The Balaban J connectivity index is 2.05. The summed E-state index contributed by atoms with van der Waals surface area (Å²) in [6, 6.07) is 10.3.